The van der Waals surface area contributed by atoms with Crippen LogP contribution in [-0.4, -0.2) is 66.2 Å². The van der Waals surface area contributed by atoms with Crippen molar-refractivity contribution >= 4 is 11.9 Å². The summed E-state index contributed by atoms with van der Waals surface area (Å²) >= 11 is 0. The maximum Gasteiger partial charge on any atom is 0.309 e. The summed E-state index contributed by atoms with van der Waals surface area (Å²) in [6, 6.07) is 5.94. The molecule has 2 aliphatic heterocycles. The van der Waals surface area contributed by atoms with Gasteiger partial charge >= 0.3 is 5.97 Å². The standard InChI is InChI=1S/C20H28N2O5/c1-4-27-17-11-14(5-6-16(17)26-3)13-22-9-7-20(8-10-22)15(19(24)25)12-18(23)21(20)2/h5-6,11,15H,4,7-10,12-13H2,1-3H3,(H,24,25)/t15-/m0/s1. The maximum absolute atomic E-state index is 12.1. The molecule has 1 aromatic rings. The normalized spacial score (nSPS) is 22.3. The molecule has 7 nitrogen and oxygen atoms in total. The molecule has 2 fully saturated rings. The molecule has 1 atom stereocenters. The van der Waals surface area contributed by atoms with Gasteiger partial charge in [0.2, 0.25) is 5.91 Å². The number of likely N-dealkylation sites (tertiary alicyclic amines) is 2. The minimum Gasteiger partial charge on any atom is -0.493 e. The van der Waals surface area contributed by atoms with Gasteiger partial charge in [0.25, 0.3) is 0 Å². The third kappa shape index (κ3) is 3.60. The van der Waals surface area contributed by atoms with E-state index in [-0.39, 0.29) is 12.3 Å². The van der Waals surface area contributed by atoms with Crippen LogP contribution < -0.4 is 9.47 Å². The molecule has 0 unspecified atom stereocenters. The van der Waals surface area contributed by atoms with Crippen molar-refractivity contribution in [2.75, 3.05) is 33.9 Å². The van der Waals surface area contributed by atoms with Crippen molar-refractivity contribution in [3.8, 4) is 11.5 Å². The van der Waals surface area contributed by atoms with Gasteiger partial charge in [-0.1, -0.05) is 6.07 Å². The van der Waals surface area contributed by atoms with Crippen molar-refractivity contribution in [2.45, 2.75) is 38.3 Å². The number of hydrogen-bond acceptors (Lipinski definition) is 5. The van der Waals surface area contributed by atoms with E-state index in [4.69, 9.17) is 9.47 Å². The number of hydrogen-bond donors (Lipinski definition) is 1. The molecule has 1 N–H and O–H groups in total. The van der Waals surface area contributed by atoms with Gasteiger partial charge in [-0.3, -0.25) is 14.5 Å². The van der Waals surface area contributed by atoms with E-state index >= 15 is 0 Å². The summed E-state index contributed by atoms with van der Waals surface area (Å²) in [6.07, 6.45) is 1.48. The largest absolute Gasteiger partial charge is 0.493 e. The average molecular weight is 376 g/mol. The number of piperidine rings is 1. The molecule has 2 saturated heterocycles. The van der Waals surface area contributed by atoms with Crippen LogP contribution in [0.2, 0.25) is 0 Å². The molecular formula is C20H28N2O5. The Hall–Kier alpha value is -2.28. The van der Waals surface area contributed by atoms with Gasteiger partial charge in [-0.05, 0) is 37.5 Å². The van der Waals surface area contributed by atoms with E-state index in [0.717, 1.165) is 30.9 Å². The topological polar surface area (TPSA) is 79.3 Å². The van der Waals surface area contributed by atoms with Crippen LogP contribution in [0.3, 0.4) is 0 Å². The molecule has 1 amide bonds. The van der Waals surface area contributed by atoms with Gasteiger partial charge in [-0.25, -0.2) is 0 Å². The Morgan fingerprint density at radius 1 is 1.30 bits per heavy atom. The Bertz CT molecular complexity index is 712. The van der Waals surface area contributed by atoms with Crippen molar-refractivity contribution in [2.24, 2.45) is 5.92 Å². The van der Waals surface area contributed by atoms with Gasteiger partial charge in [0.1, 0.15) is 0 Å². The summed E-state index contributed by atoms with van der Waals surface area (Å²) in [7, 11) is 3.37. The molecule has 148 valence electrons. The number of carboxylic acid groups (broad SMARTS) is 1. The average Bonchev–Trinajstić information content (AvgIpc) is 2.90. The van der Waals surface area contributed by atoms with Crippen LogP contribution in [0.5, 0.6) is 11.5 Å². The molecule has 0 radical (unpaired) electrons. The van der Waals surface area contributed by atoms with E-state index in [1.165, 1.54) is 0 Å². The van der Waals surface area contributed by atoms with Crippen LogP contribution >= 0.6 is 0 Å². The van der Waals surface area contributed by atoms with E-state index in [1.807, 2.05) is 25.1 Å². The molecule has 2 aliphatic rings. The fourth-order valence-corrected chi connectivity index (χ4v) is 4.43. The van der Waals surface area contributed by atoms with Gasteiger partial charge < -0.3 is 19.5 Å². The SMILES string of the molecule is CCOc1cc(CN2CCC3(CC2)[C@H](C(=O)O)CC(=O)N3C)ccc1OC. The Balaban J connectivity index is 1.68. The molecule has 27 heavy (non-hydrogen) atoms. The molecule has 7 heteroatoms. The highest BCUT2D eigenvalue weighted by Crippen LogP contribution is 2.43. The van der Waals surface area contributed by atoms with E-state index in [0.29, 0.717) is 25.2 Å². The van der Waals surface area contributed by atoms with Crippen molar-refractivity contribution in [3.05, 3.63) is 23.8 Å². The van der Waals surface area contributed by atoms with Crippen LogP contribution in [0, 0.1) is 5.92 Å². The number of carbonyl (C=O) groups excluding carboxylic acids is 1. The van der Waals surface area contributed by atoms with Gasteiger partial charge in [0.05, 0.1) is 25.2 Å². The summed E-state index contributed by atoms with van der Waals surface area (Å²) < 4.78 is 11.0. The summed E-state index contributed by atoms with van der Waals surface area (Å²) in [4.78, 5) is 27.8. The summed E-state index contributed by atoms with van der Waals surface area (Å²) in [5, 5.41) is 9.58. The minimum absolute atomic E-state index is 0.0626. The number of benzene rings is 1. The second-order valence-electron chi connectivity index (χ2n) is 7.35. The van der Waals surface area contributed by atoms with E-state index in [9.17, 15) is 14.7 Å². The third-order valence-electron chi connectivity index (χ3n) is 6.02. The molecule has 0 aromatic heterocycles. The van der Waals surface area contributed by atoms with Crippen LogP contribution in [0.1, 0.15) is 31.7 Å². The third-order valence-corrected chi connectivity index (χ3v) is 6.02. The van der Waals surface area contributed by atoms with E-state index < -0.39 is 17.4 Å². The molecule has 0 saturated carbocycles. The van der Waals surface area contributed by atoms with Crippen LogP contribution in [0.15, 0.2) is 18.2 Å². The molecule has 1 aromatic carbocycles. The highest BCUT2D eigenvalue weighted by atomic mass is 16.5. The highest BCUT2D eigenvalue weighted by molar-refractivity contribution is 5.88. The Morgan fingerprint density at radius 3 is 2.59 bits per heavy atom. The minimum atomic E-state index is -0.863. The monoisotopic (exact) mass is 376 g/mol. The Morgan fingerprint density at radius 2 is 2.00 bits per heavy atom. The van der Waals surface area contributed by atoms with Gasteiger partial charge in [-0.15, -0.1) is 0 Å². The zero-order valence-corrected chi connectivity index (χ0v) is 16.2. The predicted octanol–water partition coefficient (Wildman–Crippen LogP) is 1.99. The van der Waals surface area contributed by atoms with Crippen LogP contribution in [0.4, 0.5) is 0 Å². The lowest BCUT2D eigenvalue weighted by Crippen LogP contribution is -2.55. The van der Waals surface area contributed by atoms with E-state index in [1.54, 1.807) is 19.1 Å². The number of aliphatic carboxylic acids is 1. The van der Waals surface area contributed by atoms with Crippen molar-refractivity contribution < 1.29 is 24.2 Å². The number of ether oxygens (including phenoxy) is 2. The zero-order valence-electron chi connectivity index (χ0n) is 16.2. The number of amides is 1. The summed E-state index contributed by atoms with van der Waals surface area (Å²) in [6.45, 7) is 4.79. The summed E-state index contributed by atoms with van der Waals surface area (Å²) in [5.74, 6) is -0.0839. The van der Waals surface area contributed by atoms with E-state index in [2.05, 4.69) is 4.90 Å². The molecule has 1 spiro atoms. The second-order valence-corrected chi connectivity index (χ2v) is 7.35. The quantitative estimate of drug-likeness (QED) is 0.818. The first-order chi connectivity index (χ1) is 12.9. The lowest BCUT2D eigenvalue weighted by atomic mass is 9.77. The zero-order chi connectivity index (χ0) is 19.6. The van der Waals surface area contributed by atoms with Gasteiger partial charge in [0.15, 0.2) is 11.5 Å². The molecule has 0 bridgehead atoms. The first kappa shape index (κ1) is 19.5. The lowest BCUT2D eigenvalue weighted by Gasteiger charge is -2.45. The predicted molar refractivity (Wildman–Crippen MR) is 99.9 cm³/mol. The lowest BCUT2D eigenvalue weighted by molar-refractivity contribution is -0.146. The fraction of sp³-hybridized carbons (Fsp3) is 0.600. The number of rotatable bonds is 6. The summed E-state index contributed by atoms with van der Waals surface area (Å²) in [5.41, 5.74) is 0.580. The van der Waals surface area contributed by atoms with Crippen molar-refractivity contribution in [1.82, 2.24) is 9.80 Å². The fourth-order valence-electron chi connectivity index (χ4n) is 4.43. The Kier molecular flexibility index (Phi) is 5.60. The number of nitrogens with zero attached hydrogens (tertiary/aromatic N) is 2. The first-order valence-corrected chi connectivity index (χ1v) is 9.43. The number of carbonyl (C=O) groups is 2. The molecular weight excluding hydrogens is 348 g/mol. The van der Waals surface area contributed by atoms with Crippen LogP contribution in [-0.2, 0) is 16.1 Å². The molecule has 3 rings (SSSR count). The Labute approximate surface area is 159 Å². The smallest absolute Gasteiger partial charge is 0.309 e. The molecule has 0 aliphatic carbocycles. The van der Waals surface area contributed by atoms with Crippen molar-refractivity contribution in [1.29, 1.82) is 0 Å². The van der Waals surface area contributed by atoms with Crippen molar-refractivity contribution in [3.63, 3.8) is 0 Å². The first-order valence-electron chi connectivity index (χ1n) is 9.43. The number of carboxylic acids is 1. The second kappa shape index (κ2) is 7.76. The molecule has 2 heterocycles. The van der Waals surface area contributed by atoms with Gasteiger partial charge in [-0.2, -0.15) is 0 Å². The number of methoxy groups -OCH3 is 1. The highest BCUT2D eigenvalue weighted by Gasteiger charge is 2.55. The van der Waals surface area contributed by atoms with Crippen LogP contribution in [0.25, 0.3) is 0 Å². The maximum atomic E-state index is 12.1. The van der Waals surface area contributed by atoms with Gasteiger partial charge in [0, 0.05) is 33.1 Å².